The van der Waals surface area contributed by atoms with E-state index in [-0.39, 0.29) is 0 Å². The average molecular weight is 271 g/mol. The molecule has 0 aliphatic carbocycles. The molecule has 0 saturated heterocycles. The van der Waals surface area contributed by atoms with Gasteiger partial charge in [-0.3, -0.25) is 0 Å². The first kappa shape index (κ1) is 11.8. The molecule has 0 unspecified atom stereocenters. The van der Waals surface area contributed by atoms with Gasteiger partial charge in [0.15, 0.2) is 5.13 Å². The van der Waals surface area contributed by atoms with Gasteiger partial charge in [-0.15, -0.1) is 0 Å². The number of hydrogen-bond acceptors (Lipinski definition) is 5. The van der Waals surface area contributed by atoms with Crippen LogP contribution >= 0.6 is 11.3 Å². The van der Waals surface area contributed by atoms with Gasteiger partial charge >= 0.3 is 0 Å². The highest BCUT2D eigenvalue weighted by molar-refractivity contribution is 7.22. The Bertz CT molecular complexity index is 706. The molecule has 0 radical (unpaired) electrons. The van der Waals surface area contributed by atoms with E-state index in [9.17, 15) is 0 Å². The number of aromatic nitrogens is 1. The lowest BCUT2D eigenvalue weighted by Crippen LogP contribution is -1.89. The van der Waals surface area contributed by atoms with Crippen LogP contribution in [-0.2, 0) is 0 Å². The number of nitrogens with two attached hydrogens (primary N) is 1. The Kier molecular flexibility index (Phi) is 2.97. The van der Waals surface area contributed by atoms with E-state index in [1.54, 1.807) is 18.4 Å². The Morgan fingerprint density at radius 2 is 1.95 bits per heavy atom. The van der Waals surface area contributed by atoms with Crippen molar-refractivity contribution >= 4 is 38.1 Å². The topological polar surface area (TPSA) is 60.2 Å². The van der Waals surface area contributed by atoms with Gasteiger partial charge in [-0.25, -0.2) is 4.98 Å². The predicted octanol–water partition coefficient (Wildman–Crippen LogP) is 3.63. The van der Waals surface area contributed by atoms with E-state index >= 15 is 0 Å². The van der Waals surface area contributed by atoms with Crippen LogP contribution in [0.1, 0.15) is 0 Å². The second-order valence-corrected chi connectivity index (χ2v) is 5.13. The lowest BCUT2D eigenvalue weighted by atomic mass is 10.3. The molecule has 3 N–H and O–H groups in total. The normalized spacial score (nSPS) is 10.6. The van der Waals surface area contributed by atoms with Crippen LogP contribution in [0.4, 0.5) is 16.5 Å². The molecule has 5 heteroatoms. The van der Waals surface area contributed by atoms with Crippen LogP contribution in [0.5, 0.6) is 5.75 Å². The quantitative estimate of drug-likeness (QED) is 0.714. The molecule has 0 bridgehead atoms. The Labute approximate surface area is 114 Å². The fourth-order valence-electron chi connectivity index (χ4n) is 1.79. The molecule has 1 aromatic heterocycles. The summed E-state index contributed by atoms with van der Waals surface area (Å²) in [7, 11) is 1.65. The highest BCUT2D eigenvalue weighted by atomic mass is 32.1. The number of anilines is 3. The number of hydrogen-bond donors (Lipinski definition) is 2. The summed E-state index contributed by atoms with van der Waals surface area (Å²) in [6.45, 7) is 0. The van der Waals surface area contributed by atoms with Crippen molar-refractivity contribution in [2.75, 3.05) is 18.2 Å². The van der Waals surface area contributed by atoms with Crippen molar-refractivity contribution in [3.05, 3.63) is 42.5 Å². The minimum Gasteiger partial charge on any atom is -0.497 e. The van der Waals surface area contributed by atoms with Gasteiger partial charge in [0, 0.05) is 11.4 Å². The molecule has 0 saturated carbocycles. The summed E-state index contributed by atoms with van der Waals surface area (Å²) >= 11 is 1.58. The second kappa shape index (κ2) is 4.78. The average Bonchev–Trinajstić information content (AvgIpc) is 2.81. The molecule has 0 amide bonds. The predicted molar refractivity (Wildman–Crippen MR) is 80.3 cm³/mol. The van der Waals surface area contributed by atoms with E-state index in [0.29, 0.717) is 0 Å². The zero-order valence-corrected chi connectivity index (χ0v) is 11.2. The number of rotatable bonds is 3. The fourth-order valence-corrected chi connectivity index (χ4v) is 2.73. The number of nitrogen functional groups attached to an aromatic ring is 1. The Morgan fingerprint density at radius 3 is 2.68 bits per heavy atom. The maximum atomic E-state index is 5.76. The molecule has 96 valence electrons. The molecule has 0 aliphatic rings. The van der Waals surface area contributed by atoms with Crippen molar-refractivity contribution in [3.8, 4) is 5.75 Å². The van der Waals surface area contributed by atoms with Crippen molar-refractivity contribution in [1.29, 1.82) is 0 Å². The van der Waals surface area contributed by atoms with E-state index in [2.05, 4.69) is 10.3 Å². The molecule has 4 nitrogen and oxygen atoms in total. The van der Waals surface area contributed by atoms with Gasteiger partial charge in [0.2, 0.25) is 0 Å². The molecule has 3 aromatic rings. The third-order valence-electron chi connectivity index (χ3n) is 2.75. The van der Waals surface area contributed by atoms with Crippen molar-refractivity contribution in [2.24, 2.45) is 0 Å². The first-order valence-corrected chi connectivity index (χ1v) is 6.63. The third-order valence-corrected chi connectivity index (χ3v) is 3.69. The number of benzene rings is 2. The van der Waals surface area contributed by atoms with Gasteiger partial charge in [0.1, 0.15) is 5.75 Å². The molecule has 19 heavy (non-hydrogen) atoms. The maximum Gasteiger partial charge on any atom is 0.188 e. The van der Waals surface area contributed by atoms with Crippen molar-refractivity contribution in [3.63, 3.8) is 0 Å². The summed E-state index contributed by atoms with van der Waals surface area (Å²) in [5, 5.41) is 4.13. The highest BCUT2D eigenvalue weighted by Crippen LogP contribution is 2.29. The van der Waals surface area contributed by atoms with E-state index in [0.717, 1.165) is 32.5 Å². The lowest BCUT2D eigenvalue weighted by molar-refractivity contribution is 0.415. The van der Waals surface area contributed by atoms with Gasteiger partial charge in [-0.2, -0.15) is 0 Å². The second-order valence-electron chi connectivity index (χ2n) is 4.10. The molecule has 3 rings (SSSR count). The molecule has 0 aliphatic heterocycles. The Balaban J connectivity index is 1.87. The summed E-state index contributed by atoms with van der Waals surface area (Å²) in [5.41, 5.74) is 8.45. The summed E-state index contributed by atoms with van der Waals surface area (Å²) in [4.78, 5) is 4.51. The monoisotopic (exact) mass is 271 g/mol. The standard InChI is InChI=1S/C14H13N3OS/c1-18-11-5-3-10(4-6-11)16-14-17-12-7-2-9(15)8-13(12)19-14/h2-8H,15H2,1H3,(H,16,17). The largest absolute Gasteiger partial charge is 0.497 e. The van der Waals surface area contributed by atoms with Crippen LogP contribution in [0.2, 0.25) is 0 Å². The third kappa shape index (κ3) is 2.46. The summed E-state index contributed by atoms with van der Waals surface area (Å²) in [6.07, 6.45) is 0. The zero-order chi connectivity index (χ0) is 13.2. The number of methoxy groups -OCH3 is 1. The molecular weight excluding hydrogens is 258 g/mol. The SMILES string of the molecule is COc1ccc(Nc2nc3ccc(N)cc3s2)cc1. The number of fused-ring (bicyclic) bond motifs is 1. The van der Waals surface area contributed by atoms with Crippen molar-refractivity contribution in [1.82, 2.24) is 4.98 Å². The fraction of sp³-hybridized carbons (Fsp3) is 0.0714. The van der Waals surface area contributed by atoms with E-state index < -0.39 is 0 Å². The molecule has 2 aromatic carbocycles. The molecule has 0 fully saturated rings. The minimum absolute atomic E-state index is 0.757. The van der Waals surface area contributed by atoms with Gasteiger partial charge in [-0.05, 0) is 42.5 Å². The van der Waals surface area contributed by atoms with Crippen LogP contribution in [-0.4, -0.2) is 12.1 Å². The Morgan fingerprint density at radius 1 is 1.16 bits per heavy atom. The van der Waals surface area contributed by atoms with Gasteiger partial charge < -0.3 is 15.8 Å². The summed E-state index contributed by atoms with van der Waals surface area (Å²) in [5.74, 6) is 0.836. The van der Waals surface area contributed by atoms with E-state index in [4.69, 9.17) is 10.5 Å². The van der Waals surface area contributed by atoms with Crippen LogP contribution in [0, 0.1) is 0 Å². The first-order valence-electron chi connectivity index (χ1n) is 5.82. The minimum atomic E-state index is 0.757. The smallest absolute Gasteiger partial charge is 0.188 e. The summed E-state index contributed by atoms with van der Waals surface area (Å²) in [6, 6.07) is 13.5. The van der Waals surface area contributed by atoms with Crippen LogP contribution in [0.3, 0.4) is 0 Å². The van der Waals surface area contributed by atoms with Crippen LogP contribution < -0.4 is 15.8 Å². The van der Waals surface area contributed by atoms with Gasteiger partial charge in [0.25, 0.3) is 0 Å². The summed E-state index contributed by atoms with van der Waals surface area (Å²) < 4.78 is 6.21. The molecule has 0 atom stereocenters. The number of nitrogens with one attached hydrogen (secondary N) is 1. The van der Waals surface area contributed by atoms with E-state index in [1.165, 1.54) is 0 Å². The molecule has 0 spiro atoms. The van der Waals surface area contributed by atoms with E-state index in [1.807, 2.05) is 42.5 Å². The maximum absolute atomic E-state index is 5.76. The number of ether oxygens (including phenoxy) is 1. The van der Waals surface area contributed by atoms with Crippen LogP contribution in [0.25, 0.3) is 10.2 Å². The zero-order valence-electron chi connectivity index (χ0n) is 10.4. The van der Waals surface area contributed by atoms with Crippen molar-refractivity contribution in [2.45, 2.75) is 0 Å². The van der Waals surface area contributed by atoms with Gasteiger partial charge in [-0.1, -0.05) is 11.3 Å². The van der Waals surface area contributed by atoms with Crippen molar-refractivity contribution < 1.29 is 4.74 Å². The van der Waals surface area contributed by atoms with Crippen LogP contribution in [0.15, 0.2) is 42.5 Å². The Hall–Kier alpha value is -2.27. The lowest BCUT2D eigenvalue weighted by Gasteiger charge is -2.03. The van der Waals surface area contributed by atoms with Gasteiger partial charge in [0.05, 0.1) is 17.3 Å². The number of thiazole rings is 1. The molecular formula is C14H13N3OS. The molecule has 1 heterocycles. The highest BCUT2D eigenvalue weighted by Gasteiger charge is 2.04. The first-order chi connectivity index (χ1) is 9.24. The number of nitrogens with zero attached hydrogens (tertiary/aromatic N) is 1.